The number of nitrogens with one attached hydrogen (secondary N) is 1. The molecule has 0 atom stereocenters. The predicted molar refractivity (Wildman–Crippen MR) is 76.6 cm³/mol. The van der Waals surface area contributed by atoms with Gasteiger partial charge in [-0.05, 0) is 18.2 Å². The van der Waals surface area contributed by atoms with Crippen LogP contribution in [0.25, 0.3) is 0 Å². The number of carbonyl (C=O) groups is 1. The fourth-order valence-electron chi connectivity index (χ4n) is 1.94. The second kappa shape index (κ2) is 6.25. The molecule has 8 heteroatoms. The summed E-state index contributed by atoms with van der Waals surface area (Å²) in [5, 5.41) is 11.5. The first kappa shape index (κ1) is 15.5. The molecule has 2 rings (SSSR count). The molecule has 0 aliphatic carbocycles. The highest BCUT2D eigenvalue weighted by molar-refractivity contribution is 7.89. The number of aliphatic hydroxyl groups excluding tert-OH is 1. The molecule has 7 nitrogen and oxygen atoms in total. The molecule has 114 valence electrons. The monoisotopic (exact) mass is 312 g/mol. The van der Waals surface area contributed by atoms with Gasteiger partial charge < -0.3 is 15.2 Å². The number of hydrogen-bond acceptors (Lipinski definition) is 5. The van der Waals surface area contributed by atoms with Crippen LogP contribution in [0.15, 0.2) is 35.7 Å². The fourth-order valence-corrected chi connectivity index (χ4v) is 3.37. The Morgan fingerprint density at radius 2 is 2.24 bits per heavy atom. The van der Waals surface area contributed by atoms with E-state index in [1.165, 1.54) is 24.3 Å². The summed E-state index contributed by atoms with van der Waals surface area (Å²) < 4.78 is 31.3. The molecule has 1 aromatic rings. The minimum Gasteiger partial charge on any atom is -0.482 e. The first-order valence-corrected chi connectivity index (χ1v) is 7.71. The number of benzene rings is 1. The number of rotatable bonds is 6. The van der Waals surface area contributed by atoms with Gasteiger partial charge in [0.05, 0.1) is 17.2 Å². The second-order valence-electron chi connectivity index (χ2n) is 4.37. The number of aliphatic hydroxyl groups is 1. The zero-order valence-electron chi connectivity index (χ0n) is 11.3. The van der Waals surface area contributed by atoms with E-state index in [1.807, 2.05) is 0 Å². The molecule has 0 aromatic heterocycles. The molecule has 0 unspecified atom stereocenters. The van der Waals surface area contributed by atoms with Crippen molar-refractivity contribution in [1.82, 2.24) is 4.31 Å². The summed E-state index contributed by atoms with van der Waals surface area (Å²) in [6, 6.07) is 4.24. The van der Waals surface area contributed by atoms with E-state index >= 15 is 0 Å². The Labute approximate surface area is 122 Å². The molecule has 0 saturated carbocycles. The molecule has 0 fully saturated rings. The number of hydrogen-bond donors (Lipinski definition) is 2. The van der Waals surface area contributed by atoms with Gasteiger partial charge in [0.25, 0.3) is 5.91 Å². The fraction of sp³-hybridized carbons (Fsp3) is 0.308. The van der Waals surface area contributed by atoms with Crippen LogP contribution in [-0.2, 0) is 14.8 Å². The van der Waals surface area contributed by atoms with Gasteiger partial charge in [0.15, 0.2) is 6.61 Å². The molecule has 0 bridgehead atoms. The third-order valence-corrected chi connectivity index (χ3v) is 4.76. The summed E-state index contributed by atoms with van der Waals surface area (Å²) in [5.74, 6) is 0.0846. The molecule has 1 aliphatic heterocycles. The number of carbonyl (C=O) groups excluding carboxylic acids is 1. The third-order valence-electron chi connectivity index (χ3n) is 2.90. The minimum atomic E-state index is -3.78. The lowest BCUT2D eigenvalue weighted by Gasteiger charge is -2.22. The van der Waals surface area contributed by atoms with Gasteiger partial charge in [-0.2, -0.15) is 4.31 Å². The van der Waals surface area contributed by atoms with Crippen molar-refractivity contribution in [3.8, 4) is 5.75 Å². The Kier molecular flexibility index (Phi) is 4.61. The van der Waals surface area contributed by atoms with Gasteiger partial charge in [-0.3, -0.25) is 4.79 Å². The van der Waals surface area contributed by atoms with Crippen molar-refractivity contribution in [1.29, 1.82) is 0 Å². The Bertz CT molecular complexity index is 657. The molecule has 0 saturated heterocycles. The summed E-state index contributed by atoms with van der Waals surface area (Å²) in [5.41, 5.74) is 0.315. The summed E-state index contributed by atoms with van der Waals surface area (Å²) >= 11 is 0. The van der Waals surface area contributed by atoms with Crippen molar-refractivity contribution in [3.63, 3.8) is 0 Å². The average molecular weight is 312 g/mol. The van der Waals surface area contributed by atoms with Crippen LogP contribution < -0.4 is 10.1 Å². The Balaban J connectivity index is 2.37. The quantitative estimate of drug-likeness (QED) is 0.731. The van der Waals surface area contributed by atoms with Crippen LogP contribution in [0.4, 0.5) is 5.69 Å². The molecule has 0 spiro atoms. The molecule has 1 aromatic carbocycles. The van der Waals surface area contributed by atoms with Gasteiger partial charge in [-0.25, -0.2) is 8.42 Å². The summed E-state index contributed by atoms with van der Waals surface area (Å²) in [6.07, 6.45) is 1.44. The van der Waals surface area contributed by atoms with Crippen molar-refractivity contribution in [2.24, 2.45) is 0 Å². The minimum absolute atomic E-state index is 0.0161. The molecule has 1 heterocycles. The van der Waals surface area contributed by atoms with Gasteiger partial charge in [-0.15, -0.1) is 6.58 Å². The lowest BCUT2D eigenvalue weighted by Crippen LogP contribution is -2.34. The van der Waals surface area contributed by atoms with Crippen LogP contribution in [0.3, 0.4) is 0 Å². The Morgan fingerprint density at radius 1 is 1.48 bits per heavy atom. The van der Waals surface area contributed by atoms with Crippen LogP contribution in [0, 0.1) is 0 Å². The SMILES string of the molecule is C=CCN(CCO)S(=O)(=O)c1ccc2c(c1)NC(=O)CO2. The van der Waals surface area contributed by atoms with Crippen molar-refractivity contribution >= 4 is 21.6 Å². The van der Waals surface area contributed by atoms with E-state index in [2.05, 4.69) is 11.9 Å². The predicted octanol–water partition coefficient (Wildman–Crippen LogP) is 0.186. The number of ether oxygens (including phenoxy) is 1. The zero-order chi connectivity index (χ0) is 15.5. The molecular weight excluding hydrogens is 296 g/mol. The summed E-state index contributed by atoms with van der Waals surface area (Å²) in [7, 11) is -3.78. The van der Waals surface area contributed by atoms with Gasteiger partial charge in [0.2, 0.25) is 10.0 Å². The normalized spacial score (nSPS) is 14.3. The van der Waals surface area contributed by atoms with Gasteiger partial charge in [0.1, 0.15) is 5.75 Å². The lowest BCUT2D eigenvalue weighted by atomic mass is 10.2. The standard InChI is InChI=1S/C13H16N2O5S/c1-2-5-15(6-7-16)21(18,19)10-3-4-12-11(8-10)14-13(17)9-20-12/h2-4,8,16H,1,5-7,9H2,(H,14,17). The Morgan fingerprint density at radius 3 is 2.90 bits per heavy atom. The molecule has 1 aliphatic rings. The van der Waals surface area contributed by atoms with Crippen LogP contribution in [-0.4, -0.2) is 50.0 Å². The first-order valence-electron chi connectivity index (χ1n) is 6.27. The average Bonchev–Trinajstić information content (AvgIpc) is 2.46. The van der Waals surface area contributed by atoms with Crippen LogP contribution in [0.2, 0.25) is 0 Å². The van der Waals surface area contributed by atoms with E-state index in [0.29, 0.717) is 11.4 Å². The lowest BCUT2D eigenvalue weighted by molar-refractivity contribution is -0.118. The van der Waals surface area contributed by atoms with Crippen LogP contribution in [0.5, 0.6) is 5.75 Å². The summed E-state index contributed by atoms with van der Waals surface area (Å²) in [6.45, 7) is 3.17. The molecule has 0 radical (unpaired) electrons. The van der Waals surface area contributed by atoms with E-state index in [0.717, 1.165) is 4.31 Å². The maximum atomic E-state index is 12.5. The molecule has 2 N–H and O–H groups in total. The maximum absolute atomic E-state index is 12.5. The smallest absolute Gasteiger partial charge is 0.262 e. The molecular formula is C13H16N2O5S. The van der Waals surface area contributed by atoms with E-state index in [9.17, 15) is 13.2 Å². The number of amides is 1. The van der Waals surface area contributed by atoms with Crippen LogP contribution >= 0.6 is 0 Å². The molecule has 1 amide bonds. The van der Waals surface area contributed by atoms with Crippen molar-refractivity contribution in [2.45, 2.75) is 4.90 Å². The number of fused-ring (bicyclic) bond motifs is 1. The topological polar surface area (TPSA) is 95.9 Å². The zero-order valence-corrected chi connectivity index (χ0v) is 12.1. The first-order chi connectivity index (χ1) is 9.98. The number of anilines is 1. The third kappa shape index (κ3) is 3.23. The highest BCUT2D eigenvalue weighted by Crippen LogP contribution is 2.31. The van der Waals surface area contributed by atoms with Gasteiger partial charge in [0, 0.05) is 13.1 Å². The van der Waals surface area contributed by atoms with Crippen molar-refractivity contribution < 1.29 is 23.1 Å². The van der Waals surface area contributed by atoms with Gasteiger partial charge in [-0.1, -0.05) is 6.08 Å². The van der Waals surface area contributed by atoms with E-state index < -0.39 is 10.0 Å². The maximum Gasteiger partial charge on any atom is 0.262 e. The van der Waals surface area contributed by atoms with Crippen LogP contribution in [0.1, 0.15) is 0 Å². The largest absolute Gasteiger partial charge is 0.482 e. The Hall–Kier alpha value is -1.90. The van der Waals surface area contributed by atoms with E-state index in [1.54, 1.807) is 0 Å². The number of sulfonamides is 1. The highest BCUT2D eigenvalue weighted by atomic mass is 32.2. The number of nitrogens with zero attached hydrogens (tertiary/aromatic N) is 1. The van der Waals surface area contributed by atoms with E-state index in [4.69, 9.17) is 9.84 Å². The highest BCUT2D eigenvalue weighted by Gasteiger charge is 2.25. The van der Waals surface area contributed by atoms with Crippen molar-refractivity contribution in [2.75, 3.05) is 31.6 Å². The molecule has 21 heavy (non-hydrogen) atoms. The summed E-state index contributed by atoms with van der Waals surface area (Å²) in [4.78, 5) is 11.3. The van der Waals surface area contributed by atoms with Gasteiger partial charge >= 0.3 is 0 Å². The van der Waals surface area contributed by atoms with Crippen molar-refractivity contribution in [3.05, 3.63) is 30.9 Å². The second-order valence-corrected chi connectivity index (χ2v) is 6.31. The van der Waals surface area contributed by atoms with E-state index in [-0.39, 0.29) is 37.1 Å².